The SMILES string of the molecule is CCOC1CC(NC(C)CC(=O)OC)C1(C)C. The van der Waals surface area contributed by atoms with E-state index in [-0.39, 0.29) is 17.4 Å². The van der Waals surface area contributed by atoms with Crippen LogP contribution in [0, 0.1) is 5.41 Å². The Morgan fingerprint density at radius 2 is 2.18 bits per heavy atom. The van der Waals surface area contributed by atoms with Crippen molar-refractivity contribution in [2.75, 3.05) is 13.7 Å². The third-order valence-corrected chi connectivity index (χ3v) is 3.73. The van der Waals surface area contributed by atoms with Gasteiger partial charge in [0.25, 0.3) is 0 Å². The van der Waals surface area contributed by atoms with E-state index in [0.717, 1.165) is 13.0 Å². The molecule has 1 N–H and O–H groups in total. The van der Waals surface area contributed by atoms with Gasteiger partial charge in [-0.1, -0.05) is 13.8 Å². The van der Waals surface area contributed by atoms with Crippen LogP contribution in [0.2, 0.25) is 0 Å². The second-order valence-electron chi connectivity index (χ2n) is 5.40. The average Bonchev–Trinajstić information content (AvgIpc) is 2.27. The third kappa shape index (κ3) is 3.42. The topological polar surface area (TPSA) is 47.6 Å². The molecule has 17 heavy (non-hydrogen) atoms. The first-order valence-corrected chi connectivity index (χ1v) is 6.36. The van der Waals surface area contributed by atoms with E-state index in [2.05, 4.69) is 23.9 Å². The van der Waals surface area contributed by atoms with Crippen molar-refractivity contribution in [3.05, 3.63) is 0 Å². The summed E-state index contributed by atoms with van der Waals surface area (Å²) in [5, 5.41) is 3.48. The monoisotopic (exact) mass is 243 g/mol. The van der Waals surface area contributed by atoms with Crippen LogP contribution >= 0.6 is 0 Å². The molecule has 0 radical (unpaired) electrons. The maximum Gasteiger partial charge on any atom is 0.307 e. The Balaban J connectivity index is 2.36. The first kappa shape index (κ1) is 14.5. The normalized spacial score (nSPS) is 28.3. The summed E-state index contributed by atoms with van der Waals surface area (Å²) in [5.41, 5.74) is 0.139. The van der Waals surface area contributed by atoms with Gasteiger partial charge in [-0.3, -0.25) is 4.79 Å². The van der Waals surface area contributed by atoms with Crippen molar-refractivity contribution in [3.8, 4) is 0 Å². The maximum atomic E-state index is 11.2. The molecule has 1 fully saturated rings. The summed E-state index contributed by atoms with van der Waals surface area (Å²) < 4.78 is 10.3. The van der Waals surface area contributed by atoms with Gasteiger partial charge in [0.05, 0.1) is 19.6 Å². The molecule has 0 amide bonds. The summed E-state index contributed by atoms with van der Waals surface area (Å²) in [6.07, 6.45) is 1.77. The smallest absolute Gasteiger partial charge is 0.307 e. The molecule has 1 aliphatic carbocycles. The van der Waals surface area contributed by atoms with E-state index in [0.29, 0.717) is 18.6 Å². The first-order valence-electron chi connectivity index (χ1n) is 6.36. The predicted molar refractivity (Wildman–Crippen MR) is 66.8 cm³/mol. The molecule has 0 spiro atoms. The lowest BCUT2D eigenvalue weighted by molar-refractivity contribution is -0.142. The van der Waals surface area contributed by atoms with E-state index in [1.54, 1.807) is 0 Å². The number of hydrogen-bond acceptors (Lipinski definition) is 4. The highest BCUT2D eigenvalue weighted by Crippen LogP contribution is 2.42. The number of nitrogens with one attached hydrogen (secondary N) is 1. The van der Waals surface area contributed by atoms with Gasteiger partial charge in [-0.05, 0) is 20.3 Å². The molecule has 100 valence electrons. The molecule has 3 atom stereocenters. The van der Waals surface area contributed by atoms with Gasteiger partial charge in [-0.2, -0.15) is 0 Å². The Hall–Kier alpha value is -0.610. The van der Waals surface area contributed by atoms with Crippen LogP contribution in [0.4, 0.5) is 0 Å². The highest BCUT2D eigenvalue weighted by atomic mass is 16.5. The molecule has 0 aromatic heterocycles. The van der Waals surface area contributed by atoms with Crippen LogP contribution < -0.4 is 5.32 Å². The van der Waals surface area contributed by atoms with E-state index in [1.165, 1.54) is 7.11 Å². The molecule has 4 heteroatoms. The summed E-state index contributed by atoms with van der Waals surface area (Å²) in [6, 6.07) is 0.563. The maximum absolute atomic E-state index is 11.2. The Morgan fingerprint density at radius 3 is 2.65 bits per heavy atom. The molecule has 1 aliphatic rings. The Bertz CT molecular complexity index is 265. The van der Waals surface area contributed by atoms with Crippen molar-refractivity contribution in [2.45, 2.75) is 58.7 Å². The summed E-state index contributed by atoms with van der Waals surface area (Å²) >= 11 is 0. The van der Waals surface area contributed by atoms with Gasteiger partial charge in [-0.15, -0.1) is 0 Å². The quantitative estimate of drug-likeness (QED) is 0.722. The van der Waals surface area contributed by atoms with Crippen LogP contribution in [0.3, 0.4) is 0 Å². The minimum Gasteiger partial charge on any atom is -0.469 e. The minimum absolute atomic E-state index is 0.139. The molecule has 0 saturated heterocycles. The van der Waals surface area contributed by atoms with E-state index in [1.807, 2.05) is 13.8 Å². The minimum atomic E-state index is -0.163. The number of esters is 1. The molecular weight excluding hydrogens is 218 g/mol. The van der Waals surface area contributed by atoms with Gasteiger partial charge in [0.15, 0.2) is 0 Å². The number of ether oxygens (including phenoxy) is 2. The molecule has 4 nitrogen and oxygen atoms in total. The van der Waals surface area contributed by atoms with E-state index < -0.39 is 0 Å². The van der Waals surface area contributed by atoms with Gasteiger partial charge < -0.3 is 14.8 Å². The van der Waals surface area contributed by atoms with Gasteiger partial charge in [-0.25, -0.2) is 0 Å². The standard InChI is InChI=1S/C13H25NO3/c1-6-17-11-8-10(13(11,3)4)14-9(2)7-12(15)16-5/h9-11,14H,6-8H2,1-5H3. The number of rotatable bonds is 6. The van der Waals surface area contributed by atoms with Crippen LogP contribution in [-0.2, 0) is 14.3 Å². The van der Waals surface area contributed by atoms with Crippen molar-refractivity contribution in [2.24, 2.45) is 5.41 Å². The second kappa shape index (κ2) is 5.83. The number of methoxy groups -OCH3 is 1. The lowest BCUT2D eigenvalue weighted by Gasteiger charge is -2.52. The van der Waals surface area contributed by atoms with Crippen molar-refractivity contribution >= 4 is 5.97 Å². The Kier molecular flexibility index (Phi) is 4.95. The number of hydrogen-bond donors (Lipinski definition) is 1. The van der Waals surface area contributed by atoms with Crippen molar-refractivity contribution in [1.82, 2.24) is 5.32 Å². The average molecular weight is 243 g/mol. The third-order valence-electron chi connectivity index (χ3n) is 3.73. The van der Waals surface area contributed by atoms with Crippen LogP contribution in [0.15, 0.2) is 0 Å². The zero-order valence-corrected chi connectivity index (χ0v) is 11.6. The first-order chi connectivity index (χ1) is 7.91. The summed E-state index contributed by atoms with van der Waals surface area (Å²) in [7, 11) is 1.42. The molecule has 0 heterocycles. The van der Waals surface area contributed by atoms with Crippen LogP contribution in [-0.4, -0.2) is 37.9 Å². The number of carbonyl (C=O) groups is 1. The zero-order valence-electron chi connectivity index (χ0n) is 11.6. The molecule has 1 rings (SSSR count). The van der Waals surface area contributed by atoms with E-state index in [9.17, 15) is 4.79 Å². The molecule has 3 unspecified atom stereocenters. The van der Waals surface area contributed by atoms with Crippen molar-refractivity contribution in [1.29, 1.82) is 0 Å². The summed E-state index contributed by atoms with van der Waals surface area (Å²) in [6.45, 7) is 9.22. The van der Waals surface area contributed by atoms with Gasteiger partial charge in [0.2, 0.25) is 0 Å². The Morgan fingerprint density at radius 1 is 1.53 bits per heavy atom. The zero-order chi connectivity index (χ0) is 13.1. The molecule has 0 aromatic rings. The van der Waals surface area contributed by atoms with E-state index >= 15 is 0 Å². The molecule has 1 saturated carbocycles. The van der Waals surface area contributed by atoms with Crippen molar-refractivity contribution < 1.29 is 14.3 Å². The van der Waals surface area contributed by atoms with Crippen molar-refractivity contribution in [3.63, 3.8) is 0 Å². The molecular formula is C13H25NO3. The van der Waals surface area contributed by atoms with Gasteiger partial charge in [0, 0.05) is 24.1 Å². The molecule has 0 aromatic carbocycles. The molecule has 0 bridgehead atoms. The molecule has 0 aliphatic heterocycles. The lowest BCUT2D eigenvalue weighted by Crippen LogP contribution is -2.62. The number of carbonyl (C=O) groups excluding carboxylic acids is 1. The fourth-order valence-electron chi connectivity index (χ4n) is 2.39. The second-order valence-corrected chi connectivity index (χ2v) is 5.40. The lowest BCUT2D eigenvalue weighted by atomic mass is 9.64. The largest absolute Gasteiger partial charge is 0.469 e. The highest BCUT2D eigenvalue weighted by molar-refractivity contribution is 5.69. The highest BCUT2D eigenvalue weighted by Gasteiger charge is 2.49. The van der Waals surface area contributed by atoms with Gasteiger partial charge in [0.1, 0.15) is 0 Å². The summed E-state index contributed by atoms with van der Waals surface area (Å²) in [4.78, 5) is 11.2. The fourth-order valence-corrected chi connectivity index (χ4v) is 2.39. The van der Waals surface area contributed by atoms with Crippen LogP contribution in [0.1, 0.15) is 40.5 Å². The van der Waals surface area contributed by atoms with E-state index in [4.69, 9.17) is 4.74 Å². The summed E-state index contributed by atoms with van der Waals surface area (Å²) in [5.74, 6) is -0.163. The van der Waals surface area contributed by atoms with Crippen LogP contribution in [0.25, 0.3) is 0 Å². The fraction of sp³-hybridized carbons (Fsp3) is 0.923. The Labute approximate surface area is 104 Å². The van der Waals surface area contributed by atoms with Crippen LogP contribution in [0.5, 0.6) is 0 Å². The predicted octanol–water partition coefficient (Wildman–Crippen LogP) is 1.73. The van der Waals surface area contributed by atoms with Gasteiger partial charge >= 0.3 is 5.97 Å².